The van der Waals surface area contributed by atoms with E-state index < -0.39 is 10.0 Å². The molecule has 2 aliphatic heterocycles. The highest BCUT2D eigenvalue weighted by Crippen LogP contribution is 2.26. The number of carbonyl (C=O) groups is 1. The summed E-state index contributed by atoms with van der Waals surface area (Å²) < 4.78 is 34.1. The van der Waals surface area contributed by atoms with Gasteiger partial charge in [0.15, 0.2) is 0 Å². The molecule has 2 aromatic rings. The van der Waals surface area contributed by atoms with Crippen molar-refractivity contribution in [3.8, 4) is 5.75 Å². The van der Waals surface area contributed by atoms with Crippen LogP contribution in [0.15, 0.2) is 47.4 Å². The first-order valence-electron chi connectivity index (χ1n) is 12.1. The van der Waals surface area contributed by atoms with Gasteiger partial charge in [-0.1, -0.05) is 31.2 Å². The summed E-state index contributed by atoms with van der Waals surface area (Å²) in [5, 5.41) is 0. The molecule has 0 bridgehead atoms. The van der Waals surface area contributed by atoms with Crippen LogP contribution >= 0.6 is 0 Å². The molecule has 0 aromatic heterocycles. The first-order valence-corrected chi connectivity index (χ1v) is 13.6. The van der Waals surface area contributed by atoms with E-state index in [1.165, 1.54) is 37.6 Å². The molecule has 2 heterocycles. The molecular weight excluding hydrogens is 450 g/mol. The number of amides is 1. The molecular formula is C26H35N3O4S. The maximum absolute atomic E-state index is 13.1. The lowest BCUT2D eigenvalue weighted by Crippen LogP contribution is -2.38. The minimum atomic E-state index is -3.79. The second-order valence-electron chi connectivity index (χ2n) is 9.46. The molecule has 8 heteroatoms. The average Bonchev–Trinajstić information content (AvgIpc) is 3.36. The Morgan fingerprint density at radius 1 is 1.00 bits per heavy atom. The Kier molecular flexibility index (Phi) is 7.91. The summed E-state index contributed by atoms with van der Waals surface area (Å²) in [6.45, 7) is 6.94. The Balaban J connectivity index is 1.43. The number of likely N-dealkylation sites (tertiary alicyclic amines) is 2. The van der Waals surface area contributed by atoms with Crippen LogP contribution in [0, 0.1) is 5.92 Å². The molecule has 2 fully saturated rings. The number of methoxy groups -OCH3 is 1. The molecule has 0 radical (unpaired) electrons. The van der Waals surface area contributed by atoms with Gasteiger partial charge in [-0.05, 0) is 74.0 Å². The van der Waals surface area contributed by atoms with Gasteiger partial charge < -0.3 is 9.64 Å². The van der Waals surface area contributed by atoms with Crippen molar-refractivity contribution < 1.29 is 17.9 Å². The summed E-state index contributed by atoms with van der Waals surface area (Å²) in [6, 6.07) is 12.5. The number of piperidine rings is 1. The molecule has 2 aliphatic rings. The maximum atomic E-state index is 13.1. The number of benzene rings is 2. The lowest BCUT2D eigenvalue weighted by molar-refractivity contribution is 0.0693. The lowest BCUT2D eigenvalue weighted by atomic mass is 9.98. The van der Waals surface area contributed by atoms with Crippen molar-refractivity contribution in [2.45, 2.75) is 50.6 Å². The average molecular weight is 486 g/mol. The fraction of sp³-hybridized carbons (Fsp3) is 0.500. The molecule has 1 amide bonds. The summed E-state index contributed by atoms with van der Waals surface area (Å²) in [5.74, 6) is 0.793. The fourth-order valence-electron chi connectivity index (χ4n) is 4.63. The molecule has 34 heavy (non-hydrogen) atoms. The summed E-state index contributed by atoms with van der Waals surface area (Å²) in [5.41, 5.74) is 2.41. The van der Waals surface area contributed by atoms with Gasteiger partial charge in [0.05, 0.1) is 17.6 Å². The van der Waals surface area contributed by atoms with Gasteiger partial charge >= 0.3 is 0 Å². The van der Waals surface area contributed by atoms with Crippen molar-refractivity contribution in [1.82, 2.24) is 14.5 Å². The van der Waals surface area contributed by atoms with E-state index in [-0.39, 0.29) is 22.9 Å². The molecule has 184 valence electrons. The highest BCUT2D eigenvalue weighted by molar-refractivity contribution is 7.89. The summed E-state index contributed by atoms with van der Waals surface area (Å²) in [4.78, 5) is 17.4. The van der Waals surface area contributed by atoms with E-state index in [0.29, 0.717) is 24.8 Å². The molecule has 2 saturated heterocycles. The predicted molar refractivity (Wildman–Crippen MR) is 132 cm³/mol. The van der Waals surface area contributed by atoms with Gasteiger partial charge in [0.2, 0.25) is 10.0 Å². The van der Waals surface area contributed by atoms with Crippen molar-refractivity contribution in [2.24, 2.45) is 5.92 Å². The van der Waals surface area contributed by atoms with E-state index in [1.54, 1.807) is 11.0 Å². The Morgan fingerprint density at radius 2 is 1.65 bits per heavy atom. The van der Waals surface area contributed by atoms with E-state index in [0.717, 1.165) is 38.0 Å². The zero-order valence-electron chi connectivity index (χ0n) is 20.1. The highest BCUT2D eigenvalue weighted by Gasteiger charge is 2.26. The van der Waals surface area contributed by atoms with Crippen LogP contribution in [-0.2, 0) is 23.1 Å². The second kappa shape index (κ2) is 10.9. The lowest BCUT2D eigenvalue weighted by Gasteiger charge is -2.30. The van der Waals surface area contributed by atoms with E-state index >= 15 is 0 Å². The van der Waals surface area contributed by atoms with Gasteiger partial charge in [0, 0.05) is 26.2 Å². The van der Waals surface area contributed by atoms with Crippen molar-refractivity contribution >= 4 is 15.9 Å². The van der Waals surface area contributed by atoms with Gasteiger partial charge in [-0.25, -0.2) is 13.1 Å². The van der Waals surface area contributed by atoms with Crippen LogP contribution in [0.1, 0.15) is 54.1 Å². The van der Waals surface area contributed by atoms with E-state index in [1.807, 2.05) is 12.1 Å². The number of nitrogens with one attached hydrogen (secondary N) is 1. The second-order valence-corrected chi connectivity index (χ2v) is 11.2. The molecule has 4 rings (SSSR count). The summed E-state index contributed by atoms with van der Waals surface area (Å²) in [6.07, 6.45) is 4.42. The Hall–Kier alpha value is -2.42. The highest BCUT2D eigenvalue weighted by atomic mass is 32.2. The number of ether oxygens (including phenoxy) is 1. The first kappa shape index (κ1) is 24.7. The monoisotopic (exact) mass is 485 g/mol. The van der Waals surface area contributed by atoms with Crippen LogP contribution in [0.5, 0.6) is 5.75 Å². The molecule has 0 aliphatic carbocycles. The van der Waals surface area contributed by atoms with Crippen molar-refractivity contribution in [1.29, 1.82) is 0 Å². The van der Waals surface area contributed by atoms with E-state index in [2.05, 4.69) is 28.7 Å². The Morgan fingerprint density at radius 3 is 2.29 bits per heavy atom. The van der Waals surface area contributed by atoms with Crippen LogP contribution in [-0.4, -0.2) is 57.4 Å². The number of hydrogen-bond donors (Lipinski definition) is 1. The molecule has 0 saturated carbocycles. The van der Waals surface area contributed by atoms with Gasteiger partial charge in [0.25, 0.3) is 5.91 Å². The molecule has 7 nitrogen and oxygen atoms in total. The first-order chi connectivity index (χ1) is 16.4. The largest absolute Gasteiger partial charge is 0.496 e. The fourth-order valence-corrected chi connectivity index (χ4v) is 5.67. The normalized spacial score (nSPS) is 17.8. The van der Waals surface area contributed by atoms with Crippen LogP contribution < -0.4 is 9.46 Å². The minimum absolute atomic E-state index is 0.0627. The zero-order valence-corrected chi connectivity index (χ0v) is 20.9. The summed E-state index contributed by atoms with van der Waals surface area (Å²) >= 11 is 0. The van der Waals surface area contributed by atoms with Gasteiger partial charge in [0.1, 0.15) is 5.75 Å². The van der Waals surface area contributed by atoms with Crippen LogP contribution in [0.25, 0.3) is 0 Å². The van der Waals surface area contributed by atoms with Crippen LogP contribution in [0.2, 0.25) is 0 Å². The predicted octanol–water partition coefficient (Wildman–Crippen LogP) is 3.64. The van der Waals surface area contributed by atoms with Crippen molar-refractivity contribution in [3.63, 3.8) is 0 Å². The number of sulfonamides is 1. The standard InChI is InChI=1S/C26H35N3O4S/c1-20-11-15-29(16-12-20)26(30)24-17-23(9-10-25(24)33-2)34(31,32)27-18-21-5-7-22(8-6-21)19-28-13-3-4-14-28/h5-10,17,20,27H,3-4,11-16,18-19H2,1-2H3. The quantitative estimate of drug-likeness (QED) is 0.618. The summed E-state index contributed by atoms with van der Waals surface area (Å²) in [7, 11) is -2.30. The number of rotatable bonds is 8. The molecule has 0 spiro atoms. The molecule has 0 atom stereocenters. The third-order valence-corrected chi connectivity index (χ3v) is 8.28. The molecule has 2 aromatic carbocycles. The topological polar surface area (TPSA) is 79.0 Å². The minimum Gasteiger partial charge on any atom is -0.496 e. The van der Waals surface area contributed by atoms with E-state index in [9.17, 15) is 13.2 Å². The number of hydrogen-bond acceptors (Lipinski definition) is 5. The van der Waals surface area contributed by atoms with Gasteiger partial charge in [-0.3, -0.25) is 9.69 Å². The maximum Gasteiger partial charge on any atom is 0.257 e. The van der Waals surface area contributed by atoms with Gasteiger partial charge in [-0.2, -0.15) is 0 Å². The SMILES string of the molecule is COc1ccc(S(=O)(=O)NCc2ccc(CN3CCCC3)cc2)cc1C(=O)N1CCC(C)CC1. The van der Waals surface area contributed by atoms with Crippen LogP contribution in [0.3, 0.4) is 0 Å². The Bertz CT molecular complexity index is 1090. The van der Waals surface area contributed by atoms with Crippen molar-refractivity contribution in [3.05, 3.63) is 59.2 Å². The number of carbonyl (C=O) groups excluding carboxylic acids is 1. The van der Waals surface area contributed by atoms with E-state index in [4.69, 9.17) is 4.74 Å². The zero-order chi connectivity index (χ0) is 24.1. The van der Waals surface area contributed by atoms with Crippen LogP contribution in [0.4, 0.5) is 0 Å². The number of nitrogens with zero attached hydrogens (tertiary/aromatic N) is 2. The smallest absolute Gasteiger partial charge is 0.257 e. The third-order valence-electron chi connectivity index (χ3n) is 6.88. The molecule has 1 N–H and O–H groups in total. The van der Waals surface area contributed by atoms with Gasteiger partial charge in [-0.15, -0.1) is 0 Å². The third kappa shape index (κ3) is 5.98. The van der Waals surface area contributed by atoms with Crippen molar-refractivity contribution in [2.75, 3.05) is 33.3 Å². The Labute approximate surface area is 203 Å². The molecule has 0 unspecified atom stereocenters.